The molecule has 0 aliphatic heterocycles. The van der Waals surface area contributed by atoms with Crippen molar-refractivity contribution in [2.75, 3.05) is 19.5 Å². The first kappa shape index (κ1) is 21.3. The monoisotopic (exact) mass is 385 g/mol. The smallest absolute Gasteiger partial charge is 0.305 e. The molecular formula is C22H27NO5. The fourth-order valence-electron chi connectivity index (χ4n) is 2.63. The quantitative estimate of drug-likeness (QED) is 0.460. The van der Waals surface area contributed by atoms with Crippen LogP contribution < -0.4 is 14.8 Å². The molecule has 0 fully saturated rings. The second-order valence-corrected chi connectivity index (χ2v) is 6.32. The summed E-state index contributed by atoms with van der Waals surface area (Å²) >= 11 is 0. The molecule has 1 N–H and O–H groups in total. The molecule has 2 rings (SSSR count). The average molecular weight is 385 g/mol. The number of para-hydroxylation sites is 2. The van der Waals surface area contributed by atoms with E-state index < -0.39 is 0 Å². The number of nitrogens with one attached hydrogen (secondary N) is 1. The van der Waals surface area contributed by atoms with Gasteiger partial charge in [-0.15, -0.1) is 0 Å². The molecule has 2 aromatic rings. The van der Waals surface area contributed by atoms with E-state index in [0.717, 1.165) is 30.6 Å². The molecule has 0 saturated heterocycles. The molecule has 0 spiro atoms. The third-order valence-electron chi connectivity index (χ3n) is 4.23. The molecule has 0 aromatic heterocycles. The van der Waals surface area contributed by atoms with Crippen molar-refractivity contribution >= 4 is 17.6 Å². The van der Waals surface area contributed by atoms with E-state index in [-0.39, 0.29) is 11.9 Å². The SMILES string of the molecule is COC(=O)CCCCCC(=O)Nc1ccccc1OCc1ccc(OC)cc1. The Hall–Kier alpha value is -3.02. The molecule has 0 heterocycles. The van der Waals surface area contributed by atoms with Gasteiger partial charge in [-0.05, 0) is 42.7 Å². The molecular weight excluding hydrogens is 358 g/mol. The molecule has 0 atom stereocenters. The third kappa shape index (κ3) is 7.31. The summed E-state index contributed by atoms with van der Waals surface area (Å²) in [6, 6.07) is 15.0. The molecule has 6 heteroatoms. The summed E-state index contributed by atoms with van der Waals surface area (Å²) < 4.78 is 15.6. The van der Waals surface area contributed by atoms with Gasteiger partial charge in [0, 0.05) is 12.8 Å². The van der Waals surface area contributed by atoms with Gasteiger partial charge in [0.05, 0.1) is 19.9 Å². The summed E-state index contributed by atoms with van der Waals surface area (Å²) in [5.41, 5.74) is 1.66. The second kappa shape index (κ2) is 11.6. The maximum atomic E-state index is 12.2. The van der Waals surface area contributed by atoms with Crippen LogP contribution in [0.15, 0.2) is 48.5 Å². The first-order valence-electron chi connectivity index (χ1n) is 9.34. The van der Waals surface area contributed by atoms with Gasteiger partial charge in [-0.1, -0.05) is 30.7 Å². The van der Waals surface area contributed by atoms with Crippen LogP contribution in [-0.2, 0) is 20.9 Å². The van der Waals surface area contributed by atoms with Crippen molar-refractivity contribution in [3.63, 3.8) is 0 Å². The van der Waals surface area contributed by atoms with Crippen molar-refractivity contribution < 1.29 is 23.8 Å². The Kier molecular flexibility index (Phi) is 8.85. The normalized spacial score (nSPS) is 10.2. The molecule has 2 aromatic carbocycles. The maximum Gasteiger partial charge on any atom is 0.305 e. The Bertz CT molecular complexity index is 758. The molecule has 6 nitrogen and oxygen atoms in total. The fourth-order valence-corrected chi connectivity index (χ4v) is 2.63. The predicted molar refractivity (Wildman–Crippen MR) is 107 cm³/mol. The van der Waals surface area contributed by atoms with Crippen LogP contribution in [0.5, 0.6) is 11.5 Å². The number of carbonyl (C=O) groups is 2. The van der Waals surface area contributed by atoms with E-state index in [0.29, 0.717) is 30.9 Å². The topological polar surface area (TPSA) is 73.9 Å². The predicted octanol–water partition coefficient (Wildman–Crippen LogP) is 4.34. The highest BCUT2D eigenvalue weighted by atomic mass is 16.5. The van der Waals surface area contributed by atoms with Gasteiger partial charge in [0.1, 0.15) is 18.1 Å². The van der Waals surface area contributed by atoms with Gasteiger partial charge in [-0.25, -0.2) is 0 Å². The Morgan fingerprint density at radius 1 is 0.893 bits per heavy atom. The largest absolute Gasteiger partial charge is 0.497 e. The molecule has 0 unspecified atom stereocenters. The Balaban J connectivity index is 1.80. The summed E-state index contributed by atoms with van der Waals surface area (Å²) in [6.07, 6.45) is 3.03. The number of hydrogen-bond acceptors (Lipinski definition) is 5. The Morgan fingerprint density at radius 3 is 2.32 bits per heavy atom. The Morgan fingerprint density at radius 2 is 1.61 bits per heavy atom. The van der Waals surface area contributed by atoms with Crippen LogP contribution >= 0.6 is 0 Å². The van der Waals surface area contributed by atoms with Crippen molar-refractivity contribution in [2.45, 2.75) is 38.7 Å². The van der Waals surface area contributed by atoms with Gasteiger partial charge in [0.2, 0.25) is 5.91 Å². The van der Waals surface area contributed by atoms with Crippen molar-refractivity contribution in [2.24, 2.45) is 0 Å². The zero-order valence-electron chi connectivity index (χ0n) is 16.4. The molecule has 1 amide bonds. The minimum absolute atomic E-state index is 0.0708. The van der Waals surface area contributed by atoms with Crippen LogP contribution in [0.2, 0.25) is 0 Å². The van der Waals surface area contributed by atoms with Crippen molar-refractivity contribution in [3.8, 4) is 11.5 Å². The van der Waals surface area contributed by atoms with Gasteiger partial charge in [-0.3, -0.25) is 9.59 Å². The zero-order valence-corrected chi connectivity index (χ0v) is 16.4. The van der Waals surface area contributed by atoms with Crippen LogP contribution in [0.1, 0.15) is 37.7 Å². The average Bonchev–Trinajstić information content (AvgIpc) is 2.73. The van der Waals surface area contributed by atoms with E-state index in [4.69, 9.17) is 9.47 Å². The number of unbranched alkanes of at least 4 members (excludes halogenated alkanes) is 2. The van der Waals surface area contributed by atoms with E-state index in [2.05, 4.69) is 10.1 Å². The molecule has 28 heavy (non-hydrogen) atoms. The number of benzene rings is 2. The standard InChI is InChI=1S/C22H27NO5/c1-26-18-14-12-17(13-15-18)16-28-20-9-7-6-8-19(20)23-21(24)10-4-3-5-11-22(25)27-2/h6-9,12-15H,3-5,10-11,16H2,1-2H3,(H,23,24). The molecule has 0 bridgehead atoms. The van der Waals surface area contributed by atoms with Crippen molar-refractivity contribution in [3.05, 3.63) is 54.1 Å². The molecule has 0 saturated carbocycles. The molecule has 150 valence electrons. The third-order valence-corrected chi connectivity index (χ3v) is 4.23. The summed E-state index contributed by atoms with van der Waals surface area (Å²) in [6.45, 7) is 0.393. The lowest BCUT2D eigenvalue weighted by Crippen LogP contribution is -2.12. The number of rotatable bonds is 11. The zero-order chi connectivity index (χ0) is 20.2. The van der Waals surface area contributed by atoms with E-state index >= 15 is 0 Å². The first-order chi connectivity index (χ1) is 13.6. The number of amides is 1. The number of ether oxygens (including phenoxy) is 3. The number of hydrogen-bond donors (Lipinski definition) is 1. The summed E-state index contributed by atoms with van der Waals surface area (Å²) in [5.74, 6) is 1.13. The fraction of sp³-hybridized carbons (Fsp3) is 0.364. The second-order valence-electron chi connectivity index (χ2n) is 6.32. The highest BCUT2D eigenvalue weighted by Gasteiger charge is 2.08. The summed E-state index contributed by atoms with van der Waals surface area (Å²) in [7, 11) is 3.01. The first-order valence-corrected chi connectivity index (χ1v) is 9.34. The van der Waals surface area contributed by atoms with E-state index in [1.54, 1.807) is 7.11 Å². The van der Waals surface area contributed by atoms with Crippen LogP contribution in [0.25, 0.3) is 0 Å². The van der Waals surface area contributed by atoms with E-state index in [1.807, 2.05) is 48.5 Å². The maximum absolute atomic E-state index is 12.2. The van der Waals surface area contributed by atoms with Crippen LogP contribution in [-0.4, -0.2) is 26.1 Å². The number of anilines is 1. The number of carbonyl (C=O) groups excluding carboxylic acids is 2. The van der Waals surface area contributed by atoms with Gasteiger partial charge < -0.3 is 19.5 Å². The lowest BCUT2D eigenvalue weighted by molar-refractivity contribution is -0.140. The van der Waals surface area contributed by atoms with E-state index in [9.17, 15) is 9.59 Å². The molecule has 0 aliphatic carbocycles. The molecule has 0 radical (unpaired) electrons. The Labute approximate surface area is 165 Å². The molecule has 0 aliphatic rings. The van der Waals surface area contributed by atoms with Crippen LogP contribution in [0.4, 0.5) is 5.69 Å². The summed E-state index contributed by atoms with van der Waals surface area (Å²) in [5, 5.41) is 2.90. The highest BCUT2D eigenvalue weighted by Crippen LogP contribution is 2.25. The van der Waals surface area contributed by atoms with Gasteiger partial charge >= 0.3 is 5.97 Å². The van der Waals surface area contributed by atoms with Crippen LogP contribution in [0.3, 0.4) is 0 Å². The number of methoxy groups -OCH3 is 2. The lowest BCUT2D eigenvalue weighted by Gasteiger charge is -2.13. The van der Waals surface area contributed by atoms with Gasteiger partial charge in [0.25, 0.3) is 0 Å². The minimum Gasteiger partial charge on any atom is -0.497 e. The van der Waals surface area contributed by atoms with Crippen LogP contribution in [0, 0.1) is 0 Å². The van der Waals surface area contributed by atoms with Crippen molar-refractivity contribution in [1.82, 2.24) is 0 Å². The number of esters is 1. The van der Waals surface area contributed by atoms with E-state index in [1.165, 1.54) is 7.11 Å². The van der Waals surface area contributed by atoms with Gasteiger partial charge in [-0.2, -0.15) is 0 Å². The van der Waals surface area contributed by atoms with Crippen molar-refractivity contribution in [1.29, 1.82) is 0 Å². The minimum atomic E-state index is -0.215. The van der Waals surface area contributed by atoms with Gasteiger partial charge in [0.15, 0.2) is 0 Å². The lowest BCUT2D eigenvalue weighted by atomic mass is 10.1. The highest BCUT2D eigenvalue weighted by molar-refractivity contribution is 5.92. The summed E-state index contributed by atoms with van der Waals surface area (Å²) in [4.78, 5) is 23.3.